The minimum absolute atomic E-state index is 0.641. The van der Waals surface area contributed by atoms with Crippen LogP contribution in [0.4, 0.5) is 0 Å². The summed E-state index contributed by atoms with van der Waals surface area (Å²) in [6, 6.07) is 16.3. The Bertz CT molecular complexity index is 818. The highest BCUT2D eigenvalue weighted by molar-refractivity contribution is 6.33. The van der Waals surface area contributed by atoms with E-state index in [9.17, 15) is 0 Å². The Morgan fingerprint density at radius 3 is 2.78 bits per heavy atom. The minimum atomic E-state index is 0.641. The monoisotopic (exact) mass is 325 g/mol. The minimum Gasteiger partial charge on any atom is -0.324 e. The lowest BCUT2D eigenvalue weighted by molar-refractivity contribution is 0.341. The predicted molar refractivity (Wildman–Crippen MR) is 95.8 cm³/mol. The van der Waals surface area contributed by atoms with E-state index in [4.69, 9.17) is 16.6 Å². The van der Waals surface area contributed by atoms with E-state index in [0.717, 1.165) is 41.6 Å². The maximum Gasteiger partial charge on any atom is 0.142 e. The Morgan fingerprint density at radius 2 is 1.96 bits per heavy atom. The molecule has 3 aromatic rings. The zero-order chi connectivity index (χ0) is 15.6. The third kappa shape index (κ3) is 2.87. The molecule has 0 radical (unpaired) electrons. The molecule has 1 unspecified atom stereocenters. The van der Waals surface area contributed by atoms with E-state index in [1.54, 1.807) is 0 Å². The number of fused-ring (bicyclic) bond motifs is 1. The van der Waals surface area contributed by atoms with Crippen molar-refractivity contribution >= 4 is 22.6 Å². The summed E-state index contributed by atoms with van der Waals surface area (Å²) < 4.78 is 2.34. The lowest BCUT2D eigenvalue weighted by Crippen LogP contribution is -2.32. The zero-order valence-electron chi connectivity index (χ0n) is 13.0. The van der Waals surface area contributed by atoms with Gasteiger partial charge < -0.3 is 9.88 Å². The van der Waals surface area contributed by atoms with Gasteiger partial charge in [0.25, 0.3) is 0 Å². The number of halogens is 1. The molecule has 1 fully saturated rings. The summed E-state index contributed by atoms with van der Waals surface area (Å²) in [7, 11) is 0. The van der Waals surface area contributed by atoms with Gasteiger partial charge in [0.05, 0.1) is 16.1 Å². The van der Waals surface area contributed by atoms with Gasteiger partial charge in [-0.05, 0) is 56.1 Å². The Kier molecular flexibility index (Phi) is 4.06. The SMILES string of the molecule is Clc1ccccc1-c1nc2ccccc2n1CC1CCCNC1. The zero-order valence-corrected chi connectivity index (χ0v) is 13.8. The molecule has 1 aliphatic heterocycles. The maximum atomic E-state index is 6.44. The molecule has 0 bridgehead atoms. The van der Waals surface area contributed by atoms with Crippen LogP contribution in [0.2, 0.25) is 5.02 Å². The van der Waals surface area contributed by atoms with E-state index in [1.165, 1.54) is 18.4 Å². The Labute approximate surface area is 141 Å². The normalized spacial score (nSPS) is 18.4. The Morgan fingerprint density at radius 1 is 1.13 bits per heavy atom. The molecule has 4 rings (SSSR count). The van der Waals surface area contributed by atoms with Gasteiger partial charge in [0.1, 0.15) is 5.82 Å². The van der Waals surface area contributed by atoms with Crippen LogP contribution in [0.5, 0.6) is 0 Å². The van der Waals surface area contributed by atoms with Crippen LogP contribution in [0.15, 0.2) is 48.5 Å². The van der Waals surface area contributed by atoms with E-state index >= 15 is 0 Å². The number of para-hydroxylation sites is 2. The molecule has 0 aliphatic carbocycles. The van der Waals surface area contributed by atoms with Crippen LogP contribution in [0, 0.1) is 5.92 Å². The Balaban J connectivity index is 1.83. The first kappa shape index (κ1) is 14.7. The van der Waals surface area contributed by atoms with Crippen LogP contribution in [0.1, 0.15) is 12.8 Å². The lowest BCUT2D eigenvalue weighted by atomic mass is 9.99. The number of piperidine rings is 1. The van der Waals surface area contributed by atoms with E-state index in [2.05, 4.69) is 34.1 Å². The molecule has 1 N–H and O–H groups in total. The number of hydrogen-bond donors (Lipinski definition) is 1. The second-order valence-electron chi connectivity index (χ2n) is 6.23. The van der Waals surface area contributed by atoms with Crippen molar-refractivity contribution in [2.45, 2.75) is 19.4 Å². The van der Waals surface area contributed by atoms with Gasteiger partial charge in [-0.25, -0.2) is 4.98 Å². The topological polar surface area (TPSA) is 29.9 Å². The number of imidazole rings is 1. The standard InChI is InChI=1S/C19H20ClN3/c20-16-8-2-1-7-15(16)19-22-17-9-3-4-10-18(17)23(19)13-14-6-5-11-21-12-14/h1-4,7-10,14,21H,5-6,11-13H2. The van der Waals surface area contributed by atoms with Crippen molar-refractivity contribution in [1.29, 1.82) is 0 Å². The lowest BCUT2D eigenvalue weighted by Gasteiger charge is -2.24. The maximum absolute atomic E-state index is 6.44. The van der Waals surface area contributed by atoms with Crippen molar-refractivity contribution in [2.75, 3.05) is 13.1 Å². The summed E-state index contributed by atoms with van der Waals surface area (Å²) >= 11 is 6.44. The molecule has 1 aliphatic rings. The highest BCUT2D eigenvalue weighted by atomic mass is 35.5. The van der Waals surface area contributed by atoms with Crippen LogP contribution in [0.25, 0.3) is 22.4 Å². The summed E-state index contributed by atoms with van der Waals surface area (Å²) in [6.07, 6.45) is 2.51. The fourth-order valence-electron chi connectivity index (χ4n) is 3.45. The molecule has 1 saturated heterocycles. The third-order valence-corrected chi connectivity index (χ3v) is 4.94. The van der Waals surface area contributed by atoms with Gasteiger partial charge in [0, 0.05) is 12.1 Å². The fourth-order valence-corrected chi connectivity index (χ4v) is 3.67. The van der Waals surface area contributed by atoms with Gasteiger partial charge in [0.2, 0.25) is 0 Å². The molecule has 2 aromatic carbocycles. The van der Waals surface area contributed by atoms with Crippen LogP contribution in [-0.4, -0.2) is 22.6 Å². The number of nitrogens with one attached hydrogen (secondary N) is 1. The number of aromatic nitrogens is 2. The van der Waals surface area contributed by atoms with Crippen molar-refractivity contribution in [3.8, 4) is 11.4 Å². The van der Waals surface area contributed by atoms with Gasteiger partial charge in [0.15, 0.2) is 0 Å². The van der Waals surface area contributed by atoms with Crippen molar-refractivity contribution in [3.05, 3.63) is 53.6 Å². The summed E-state index contributed by atoms with van der Waals surface area (Å²) in [5, 5.41) is 4.26. The van der Waals surface area contributed by atoms with Crippen molar-refractivity contribution < 1.29 is 0 Å². The van der Waals surface area contributed by atoms with Crippen molar-refractivity contribution in [1.82, 2.24) is 14.9 Å². The third-order valence-electron chi connectivity index (χ3n) is 4.61. The first-order valence-electron chi connectivity index (χ1n) is 8.24. The van der Waals surface area contributed by atoms with Crippen molar-refractivity contribution in [3.63, 3.8) is 0 Å². The largest absolute Gasteiger partial charge is 0.324 e. The number of rotatable bonds is 3. The fraction of sp³-hybridized carbons (Fsp3) is 0.316. The van der Waals surface area contributed by atoms with Gasteiger partial charge in [-0.1, -0.05) is 35.9 Å². The highest BCUT2D eigenvalue weighted by Gasteiger charge is 2.19. The molecule has 1 aromatic heterocycles. The van der Waals surface area contributed by atoms with E-state index in [-0.39, 0.29) is 0 Å². The molecular weight excluding hydrogens is 306 g/mol. The van der Waals surface area contributed by atoms with E-state index < -0.39 is 0 Å². The number of hydrogen-bond acceptors (Lipinski definition) is 2. The first-order valence-corrected chi connectivity index (χ1v) is 8.61. The highest BCUT2D eigenvalue weighted by Crippen LogP contribution is 2.31. The van der Waals surface area contributed by atoms with Crippen LogP contribution in [0.3, 0.4) is 0 Å². The summed E-state index contributed by atoms with van der Waals surface area (Å²) in [5.74, 6) is 1.62. The smallest absolute Gasteiger partial charge is 0.142 e. The summed E-state index contributed by atoms with van der Waals surface area (Å²) in [4.78, 5) is 4.87. The summed E-state index contributed by atoms with van der Waals surface area (Å²) in [6.45, 7) is 3.20. The van der Waals surface area contributed by atoms with Crippen LogP contribution < -0.4 is 5.32 Å². The van der Waals surface area contributed by atoms with Gasteiger partial charge in [-0.2, -0.15) is 0 Å². The first-order chi connectivity index (χ1) is 11.3. The molecule has 0 spiro atoms. The second kappa shape index (κ2) is 6.34. The molecule has 3 nitrogen and oxygen atoms in total. The van der Waals surface area contributed by atoms with E-state index in [1.807, 2.05) is 24.3 Å². The molecule has 2 heterocycles. The van der Waals surface area contributed by atoms with Gasteiger partial charge >= 0.3 is 0 Å². The Hall–Kier alpha value is -1.84. The molecule has 118 valence electrons. The van der Waals surface area contributed by atoms with Crippen molar-refractivity contribution in [2.24, 2.45) is 5.92 Å². The molecule has 0 amide bonds. The molecular formula is C19H20ClN3. The average molecular weight is 326 g/mol. The van der Waals surface area contributed by atoms with Gasteiger partial charge in [-0.3, -0.25) is 0 Å². The van der Waals surface area contributed by atoms with E-state index in [0.29, 0.717) is 5.92 Å². The second-order valence-corrected chi connectivity index (χ2v) is 6.63. The molecule has 1 atom stereocenters. The quantitative estimate of drug-likeness (QED) is 0.775. The van der Waals surface area contributed by atoms with Crippen LogP contribution >= 0.6 is 11.6 Å². The number of nitrogens with zero attached hydrogens (tertiary/aromatic N) is 2. The average Bonchev–Trinajstić information content (AvgIpc) is 2.95. The predicted octanol–water partition coefficient (Wildman–Crippen LogP) is 4.36. The number of benzene rings is 2. The van der Waals surface area contributed by atoms with Gasteiger partial charge in [-0.15, -0.1) is 0 Å². The molecule has 0 saturated carbocycles. The summed E-state index contributed by atoms with van der Waals surface area (Å²) in [5.41, 5.74) is 3.23. The molecule has 23 heavy (non-hydrogen) atoms. The molecule has 4 heteroatoms. The van der Waals surface area contributed by atoms with Crippen LogP contribution in [-0.2, 0) is 6.54 Å².